The van der Waals surface area contributed by atoms with Crippen molar-refractivity contribution in [1.82, 2.24) is 28.0 Å². The summed E-state index contributed by atoms with van der Waals surface area (Å²) in [5.41, 5.74) is -0.316. The smallest absolute Gasteiger partial charge is 0.229 e. The van der Waals surface area contributed by atoms with Gasteiger partial charge >= 0.3 is 31.6 Å². The van der Waals surface area contributed by atoms with Crippen LogP contribution < -0.4 is 0 Å². The van der Waals surface area contributed by atoms with Crippen molar-refractivity contribution in [3.8, 4) is 0 Å². The van der Waals surface area contributed by atoms with Crippen molar-refractivity contribution in [1.29, 1.82) is 0 Å². The van der Waals surface area contributed by atoms with E-state index in [2.05, 4.69) is 133 Å². The Labute approximate surface area is 188 Å². The average Bonchev–Trinajstić information content (AvgIpc) is 2.52. The monoisotopic (exact) mass is 501 g/mol. The van der Waals surface area contributed by atoms with E-state index in [0.717, 1.165) is 0 Å². The third kappa shape index (κ3) is 10.3. The maximum atomic E-state index is 5.35. The molecule has 0 amide bonds. The van der Waals surface area contributed by atoms with E-state index in [9.17, 15) is 0 Å². The molecule has 0 aromatic heterocycles. The summed E-state index contributed by atoms with van der Waals surface area (Å²) in [7, 11) is 19.1. The molecule has 14 heteroatoms. The minimum atomic E-state index is -2.77. The Kier molecular flexibility index (Phi) is 12.6. The van der Waals surface area contributed by atoms with Crippen LogP contribution in [0.3, 0.4) is 0 Å². The molecule has 0 spiro atoms. The second-order valence-electron chi connectivity index (χ2n) is 8.96. The highest BCUT2D eigenvalue weighted by atomic mass is 31.2. The molecule has 0 aromatic carbocycles. The van der Waals surface area contributed by atoms with Gasteiger partial charge in [-0.1, -0.05) is 0 Å². The van der Waals surface area contributed by atoms with Crippen LogP contribution in [0.4, 0.5) is 0 Å². The van der Waals surface area contributed by atoms with Gasteiger partial charge in [0, 0.05) is 98.1 Å². The second-order valence-corrected chi connectivity index (χ2v) is 18.8. The van der Waals surface area contributed by atoms with Crippen molar-refractivity contribution in [3.05, 3.63) is 0 Å². The first-order chi connectivity index (χ1) is 13.4. The minimum absolute atomic E-state index is 0.316. The lowest BCUT2D eigenvalue weighted by atomic mass is 10.1. The summed E-state index contributed by atoms with van der Waals surface area (Å²) in [5.74, 6) is 0. The van der Waals surface area contributed by atoms with E-state index in [-0.39, 0.29) is 5.54 Å². The maximum Gasteiger partial charge on any atom is 0.427 e. The summed E-state index contributed by atoms with van der Waals surface area (Å²) in [4.78, 5) is 0. The maximum absolute atomic E-state index is 5.35. The lowest BCUT2D eigenvalue weighted by Crippen LogP contribution is -2.14. The van der Waals surface area contributed by atoms with Gasteiger partial charge in [0.2, 0.25) is 0 Å². The highest BCUT2D eigenvalue weighted by Gasteiger charge is 2.43. The van der Waals surface area contributed by atoms with Gasteiger partial charge in [-0.3, -0.25) is 0 Å². The van der Waals surface area contributed by atoms with Gasteiger partial charge in [0.15, 0.2) is 0 Å². The van der Waals surface area contributed by atoms with E-state index >= 15 is 0 Å². The molecule has 0 aromatic rings. The van der Waals surface area contributed by atoms with E-state index in [1.165, 1.54) is 0 Å². The normalized spacial score (nSPS) is 13.0. The van der Waals surface area contributed by atoms with Gasteiger partial charge < -0.3 is 0 Å². The highest BCUT2D eigenvalue weighted by molar-refractivity contribution is 7.74. The van der Waals surface area contributed by atoms with Gasteiger partial charge in [-0.2, -0.15) is 0 Å². The zero-order chi connectivity index (χ0) is 24.0. The summed E-state index contributed by atoms with van der Waals surface area (Å²) in [6, 6.07) is 0. The Hall–Kier alpha value is 0.290. The van der Waals surface area contributed by atoms with Crippen LogP contribution in [-0.2, 0) is 0 Å². The Morgan fingerprint density at radius 2 is 0.667 bits per heavy atom. The van der Waals surface area contributed by atoms with Crippen molar-refractivity contribution >= 4 is 31.6 Å². The van der Waals surface area contributed by atoms with Crippen LogP contribution in [0.1, 0.15) is 20.8 Å². The van der Waals surface area contributed by atoms with Crippen molar-refractivity contribution in [3.63, 3.8) is 0 Å². The second kappa shape index (κ2) is 12.5. The van der Waals surface area contributed by atoms with Gasteiger partial charge in [-0.25, -0.2) is 4.74 Å². The lowest BCUT2D eigenvalue weighted by molar-refractivity contribution is 0.578. The molecule has 0 atom stereocenters. The summed E-state index contributed by atoms with van der Waals surface area (Å²) >= 11 is 0. The van der Waals surface area contributed by atoms with Gasteiger partial charge in [-0.15, -0.1) is 28.0 Å². The first kappa shape index (κ1) is 30.3. The van der Waals surface area contributed by atoms with E-state index in [4.69, 9.17) is 18.3 Å². The number of hydrogen-bond acceptors (Lipinski definition) is 1. The Morgan fingerprint density at radius 1 is 0.467 bits per heavy atom. The van der Waals surface area contributed by atoms with Gasteiger partial charge in [0.1, 0.15) is 0 Å². The topological polar surface area (TPSA) is 68.9 Å². The Balaban J connectivity index is 7.66. The molecule has 0 aliphatic carbocycles. The van der Waals surface area contributed by atoms with Crippen LogP contribution in [0, 0.1) is 0 Å². The molecule has 0 saturated heterocycles. The van der Waals surface area contributed by atoms with Crippen molar-refractivity contribution < 1.29 is 0 Å². The average molecular weight is 502 g/mol. The van der Waals surface area contributed by atoms with Crippen LogP contribution >= 0.6 is 31.6 Å². The largest absolute Gasteiger partial charge is 0.427 e. The molecule has 0 bridgehead atoms. The first-order valence-corrected chi connectivity index (χ1v) is 14.9. The van der Waals surface area contributed by atoms with Crippen LogP contribution in [0.5, 0.6) is 0 Å². The first-order valence-electron chi connectivity index (χ1n) is 9.69. The summed E-state index contributed by atoms with van der Waals surface area (Å²) in [6.45, 7) is 6.32. The Bertz CT molecular complexity index is 592. The van der Waals surface area contributed by atoms with Gasteiger partial charge in [-0.05, 0) is 20.8 Å². The standard InChI is InChI=1S/C16H45N10P4/c1-16(2,3)17-30(18-27(21(4)5)22(6)7,19-28(23(8)9)24(10)11)20-29(25(12)13)26(14)15/h1-15H3/q+3. The third-order valence-corrected chi connectivity index (χ3v) is 13.1. The van der Waals surface area contributed by atoms with E-state index in [1.807, 2.05) is 0 Å². The molecule has 10 nitrogen and oxygen atoms in total. The van der Waals surface area contributed by atoms with Crippen LogP contribution in [-0.4, -0.2) is 118 Å². The minimum Gasteiger partial charge on any atom is -0.229 e. The van der Waals surface area contributed by atoms with Crippen molar-refractivity contribution in [2.75, 3.05) is 84.6 Å². The zero-order valence-corrected chi connectivity index (χ0v) is 25.3. The lowest BCUT2D eigenvalue weighted by Gasteiger charge is -2.16. The fraction of sp³-hybridized carbons (Fsp3) is 1.00. The molecular weight excluding hydrogens is 456 g/mol. The number of rotatable bonds is 9. The van der Waals surface area contributed by atoms with E-state index in [0.29, 0.717) is 0 Å². The molecule has 0 fully saturated rings. The van der Waals surface area contributed by atoms with Crippen molar-refractivity contribution in [2.45, 2.75) is 26.3 Å². The molecular formula is C16H45N10P4+3. The SMILES string of the molecule is CN(C)[P+](=NP(N=[P+](N(C)C)N(C)C)(N=[P+](N(C)C)N(C)C)=NC(C)(C)C)N(C)C. The number of hydrogen-bond donors (Lipinski definition) is 0. The van der Waals surface area contributed by atoms with Crippen LogP contribution in [0.25, 0.3) is 0 Å². The summed E-state index contributed by atoms with van der Waals surface area (Å²) in [6.07, 6.45) is 0. The number of nitrogens with zero attached hydrogens (tertiary/aromatic N) is 10. The molecule has 0 saturated carbocycles. The molecule has 0 aliphatic heterocycles. The predicted molar refractivity (Wildman–Crippen MR) is 139 cm³/mol. The van der Waals surface area contributed by atoms with Crippen LogP contribution in [0.15, 0.2) is 18.3 Å². The fourth-order valence-corrected chi connectivity index (χ4v) is 13.6. The summed E-state index contributed by atoms with van der Waals surface area (Å²) in [5, 5.41) is 0. The van der Waals surface area contributed by atoms with Crippen molar-refractivity contribution in [2.24, 2.45) is 18.3 Å². The molecule has 0 rings (SSSR count). The molecule has 0 radical (unpaired) electrons. The van der Waals surface area contributed by atoms with Crippen LogP contribution in [0.2, 0.25) is 0 Å². The summed E-state index contributed by atoms with van der Waals surface area (Å²) < 4.78 is 34.2. The zero-order valence-electron chi connectivity index (χ0n) is 21.8. The van der Waals surface area contributed by atoms with Gasteiger partial charge in [0.25, 0.3) is 0 Å². The highest BCUT2D eigenvalue weighted by Crippen LogP contribution is 2.68. The molecule has 0 unspecified atom stereocenters. The Morgan fingerprint density at radius 3 is 0.800 bits per heavy atom. The van der Waals surface area contributed by atoms with Gasteiger partial charge in [0.05, 0.1) is 5.54 Å². The quantitative estimate of drug-likeness (QED) is 0.384. The van der Waals surface area contributed by atoms with E-state index in [1.54, 1.807) is 0 Å². The predicted octanol–water partition coefficient (Wildman–Crippen LogP) is 5.59. The fourth-order valence-electron chi connectivity index (χ4n) is 2.39. The molecule has 0 aliphatic rings. The molecule has 30 heavy (non-hydrogen) atoms. The molecule has 176 valence electrons. The molecule has 0 heterocycles. The third-order valence-electron chi connectivity index (χ3n) is 3.18. The van der Waals surface area contributed by atoms with E-state index < -0.39 is 31.6 Å². The molecule has 0 N–H and O–H groups in total.